The number of benzene rings is 1. The van der Waals surface area contributed by atoms with Gasteiger partial charge in [0.2, 0.25) is 5.95 Å². The number of carbonyl (C=O) groups is 1. The third-order valence-electron chi connectivity index (χ3n) is 5.41. The summed E-state index contributed by atoms with van der Waals surface area (Å²) < 4.78 is 0. The van der Waals surface area contributed by atoms with E-state index in [1.54, 1.807) is 12.4 Å². The Labute approximate surface area is 166 Å². The van der Waals surface area contributed by atoms with E-state index in [0.29, 0.717) is 5.56 Å². The van der Waals surface area contributed by atoms with E-state index in [1.807, 2.05) is 11.0 Å². The van der Waals surface area contributed by atoms with Gasteiger partial charge in [-0.15, -0.1) is 0 Å². The molecule has 0 unspecified atom stereocenters. The maximum Gasteiger partial charge on any atom is 0.256 e. The van der Waals surface area contributed by atoms with Gasteiger partial charge in [-0.25, -0.2) is 9.97 Å². The molecule has 2 aliphatic heterocycles. The maximum absolute atomic E-state index is 12.4. The highest BCUT2D eigenvalue weighted by Crippen LogP contribution is 2.15. The van der Waals surface area contributed by atoms with Crippen molar-refractivity contribution < 1.29 is 4.79 Å². The van der Waals surface area contributed by atoms with Crippen LogP contribution in [0.3, 0.4) is 0 Å². The summed E-state index contributed by atoms with van der Waals surface area (Å²) in [6, 6.07) is 10.4. The summed E-state index contributed by atoms with van der Waals surface area (Å²) in [6.45, 7) is 6.42. The number of carbonyl (C=O) groups excluding carboxylic acids is 1. The Hall–Kier alpha value is -2.73. The van der Waals surface area contributed by atoms with Crippen molar-refractivity contribution in [3.8, 4) is 0 Å². The zero-order valence-corrected chi connectivity index (χ0v) is 16.2. The zero-order chi connectivity index (χ0) is 19.2. The molecule has 6 heteroatoms. The fourth-order valence-corrected chi connectivity index (χ4v) is 3.73. The molecule has 1 amide bonds. The molecule has 2 fully saturated rings. The molecule has 0 atom stereocenters. The van der Waals surface area contributed by atoms with Crippen molar-refractivity contribution in [2.24, 2.45) is 0 Å². The van der Waals surface area contributed by atoms with Gasteiger partial charge in [-0.2, -0.15) is 0 Å². The first kappa shape index (κ1) is 18.6. The van der Waals surface area contributed by atoms with E-state index in [0.717, 1.165) is 64.6 Å². The van der Waals surface area contributed by atoms with Crippen molar-refractivity contribution in [2.75, 3.05) is 50.7 Å². The van der Waals surface area contributed by atoms with Crippen LogP contribution in [0.2, 0.25) is 0 Å². The number of likely N-dealkylation sites (tertiary alicyclic amines) is 1. The minimum atomic E-state index is 0.0547. The molecule has 4 rings (SSSR count). The van der Waals surface area contributed by atoms with Crippen LogP contribution in [0.5, 0.6) is 0 Å². The number of hydrogen-bond donors (Lipinski definition) is 0. The lowest BCUT2D eigenvalue weighted by Crippen LogP contribution is -2.47. The van der Waals surface area contributed by atoms with Crippen LogP contribution in [-0.4, -0.2) is 71.5 Å². The molecule has 0 bridgehead atoms. The Morgan fingerprint density at radius 1 is 0.929 bits per heavy atom. The maximum atomic E-state index is 12.4. The average molecular weight is 377 g/mol. The number of aromatic nitrogens is 2. The van der Waals surface area contributed by atoms with E-state index in [4.69, 9.17) is 0 Å². The summed E-state index contributed by atoms with van der Waals surface area (Å²) in [4.78, 5) is 27.8. The van der Waals surface area contributed by atoms with Crippen LogP contribution in [0.4, 0.5) is 5.95 Å². The lowest BCUT2D eigenvalue weighted by molar-refractivity contribution is 0.0792. The topological polar surface area (TPSA) is 52.6 Å². The second-order valence-electron chi connectivity index (χ2n) is 7.37. The molecule has 0 N–H and O–H groups in total. The summed E-state index contributed by atoms with van der Waals surface area (Å²) in [5.41, 5.74) is 1.83. The van der Waals surface area contributed by atoms with Gasteiger partial charge in [-0.1, -0.05) is 42.5 Å². The first-order chi connectivity index (χ1) is 13.8. The largest absolute Gasteiger partial charge is 0.339 e. The molecule has 3 heterocycles. The minimum Gasteiger partial charge on any atom is -0.339 e. The highest BCUT2D eigenvalue weighted by molar-refractivity contribution is 5.93. The van der Waals surface area contributed by atoms with Crippen molar-refractivity contribution in [1.29, 1.82) is 0 Å². The minimum absolute atomic E-state index is 0.0547. The molecule has 2 saturated heterocycles. The van der Waals surface area contributed by atoms with Gasteiger partial charge in [0.1, 0.15) is 0 Å². The second kappa shape index (κ2) is 8.97. The van der Waals surface area contributed by atoms with Gasteiger partial charge in [0.05, 0.1) is 5.56 Å². The number of rotatable bonds is 5. The molecular formula is C22H27N5O. The SMILES string of the molecule is O=C(c1cnc(N2CCN(C/C=C/c3ccccc3)CC2)nc1)N1CCCC1. The van der Waals surface area contributed by atoms with Crippen molar-refractivity contribution in [1.82, 2.24) is 19.8 Å². The third kappa shape index (κ3) is 4.57. The standard InChI is InChI=1S/C22H27N5O/c28-21(26-11-4-5-12-26)20-17-23-22(24-18-20)27-15-13-25(14-16-27)10-6-9-19-7-2-1-3-8-19/h1-3,6-9,17-18H,4-5,10-16H2/b9-6+. The van der Waals surface area contributed by atoms with Crippen LogP contribution in [0.15, 0.2) is 48.8 Å². The second-order valence-corrected chi connectivity index (χ2v) is 7.37. The summed E-state index contributed by atoms with van der Waals surface area (Å²) in [5, 5.41) is 0. The van der Waals surface area contributed by atoms with Gasteiger partial charge >= 0.3 is 0 Å². The van der Waals surface area contributed by atoms with Crippen molar-refractivity contribution in [3.63, 3.8) is 0 Å². The van der Waals surface area contributed by atoms with Gasteiger partial charge in [0.15, 0.2) is 0 Å². The molecule has 1 aromatic carbocycles. The van der Waals surface area contributed by atoms with Gasteiger partial charge in [0.25, 0.3) is 5.91 Å². The van der Waals surface area contributed by atoms with Gasteiger partial charge in [0, 0.05) is 58.2 Å². The zero-order valence-electron chi connectivity index (χ0n) is 16.2. The molecule has 28 heavy (non-hydrogen) atoms. The number of nitrogens with zero attached hydrogens (tertiary/aromatic N) is 5. The first-order valence-corrected chi connectivity index (χ1v) is 10.1. The highest BCUT2D eigenvalue weighted by Gasteiger charge is 2.22. The third-order valence-corrected chi connectivity index (χ3v) is 5.41. The molecule has 6 nitrogen and oxygen atoms in total. The van der Waals surface area contributed by atoms with Crippen molar-refractivity contribution in [3.05, 3.63) is 59.9 Å². The Kier molecular flexibility index (Phi) is 5.97. The van der Waals surface area contributed by atoms with E-state index in [1.165, 1.54) is 5.56 Å². The monoisotopic (exact) mass is 377 g/mol. The molecular weight excluding hydrogens is 350 g/mol. The molecule has 0 radical (unpaired) electrons. The highest BCUT2D eigenvalue weighted by atomic mass is 16.2. The van der Waals surface area contributed by atoms with Crippen LogP contribution >= 0.6 is 0 Å². The summed E-state index contributed by atoms with van der Waals surface area (Å²) in [5.74, 6) is 0.775. The average Bonchev–Trinajstić information content (AvgIpc) is 3.30. The first-order valence-electron chi connectivity index (χ1n) is 10.1. The lowest BCUT2D eigenvalue weighted by atomic mass is 10.2. The van der Waals surface area contributed by atoms with Crippen LogP contribution in [0.1, 0.15) is 28.8 Å². The number of piperazine rings is 1. The normalized spacial score (nSPS) is 18.1. The predicted octanol–water partition coefficient (Wildman–Crippen LogP) is 2.55. The van der Waals surface area contributed by atoms with Crippen LogP contribution in [0, 0.1) is 0 Å². The van der Waals surface area contributed by atoms with Gasteiger partial charge in [-0.3, -0.25) is 9.69 Å². The molecule has 1 aromatic heterocycles. The number of anilines is 1. The van der Waals surface area contributed by atoms with E-state index in [2.05, 4.69) is 56.2 Å². The Balaban J connectivity index is 1.26. The number of amides is 1. The number of hydrogen-bond acceptors (Lipinski definition) is 5. The molecule has 0 spiro atoms. The Bertz CT molecular complexity index is 791. The van der Waals surface area contributed by atoms with Crippen LogP contribution < -0.4 is 4.90 Å². The lowest BCUT2D eigenvalue weighted by Gasteiger charge is -2.34. The Morgan fingerprint density at radius 3 is 2.29 bits per heavy atom. The summed E-state index contributed by atoms with van der Waals surface area (Å²) in [6.07, 6.45) is 9.94. The van der Waals surface area contributed by atoms with Crippen LogP contribution in [-0.2, 0) is 0 Å². The molecule has 2 aliphatic rings. The van der Waals surface area contributed by atoms with Crippen LogP contribution in [0.25, 0.3) is 6.08 Å². The van der Waals surface area contributed by atoms with E-state index < -0.39 is 0 Å². The fourth-order valence-electron chi connectivity index (χ4n) is 3.73. The van der Waals surface area contributed by atoms with E-state index in [9.17, 15) is 4.79 Å². The Morgan fingerprint density at radius 2 is 1.61 bits per heavy atom. The molecule has 146 valence electrons. The summed E-state index contributed by atoms with van der Waals surface area (Å²) >= 11 is 0. The quantitative estimate of drug-likeness (QED) is 0.802. The predicted molar refractivity (Wildman–Crippen MR) is 111 cm³/mol. The van der Waals surface area contributed by atoms with E-state index in [-0.39, 0.29) is 5.91 Å². The summed E-state index contributed by atoms with van der Waals surface area (Å²) in [7, 11) is 0. The molecule has 2 aromatic rings. The molecule has 0 saturated carbocycles. The van der Waals surface area contributed by atoms with Crippen molar-refractivity contribution >= 4 is 17.9 Å². The smallest absolute Gasteiger partial charge is 0.256 e. The van der Waals surface area contributed by atoms with Gasteiger partial charge < -0.3 is 9.80 Å². The van der Waals surface area contributed by atoms with Gasteiger partial charge in [-0.05, 0) is 18.4 Å². The molecule has 0 aliphatic carbocycles. The van der Waals surface area contributed by atoms with E-state index >= 15 is 0 Å². The van der Waals surface area contributed by atoms with Crippen molar-refractivity contribution in [2.45, 2.75) is 12.8 Å². The fraction of sp³-hybridized carbons (Fsp3) is 0.409.